The number of carbonyl (C=O) groups excluding carboxylic acids is 1. The van der Waals surface area contributed by atoms with Crippen molar-refractivity contribution in [2.75, 3.05) is 26.7 Å². The Morgan fingerprint density at radius 3 is 3.26 bits per heavy atom. The maximum Gasteiger partial charge on any atom is 0.262 e. The summed E-state index contributed by atoms with van der Waals surface area (Å²) in [5.74, 6) is 5.72. The number of nitrogens with one attached hydrogen (secondary N) is 1. The number of carbonyl (C=O) groups is 1. The van der Waals surface area contributed by atoms with E-state index in [0.29, 0.717) is 11.4 Å². The van der Waals surface area contributed by atoms with Crippen LogP contribution in [0.3, 0.4) is 0 Å². The van der Waals surface area contributed by atoms with E-state index in [1.807, 2.05) is 11.4 Å². The van der Waals surface area contributed by atoms with E-state index in [2.05, 4.69) is 29.1 Å². The molecular formula is C14H19N3OS. The molecular weight excluding hydrogens is 258 g/mol. The molecule has 3 N–H and O–H groups in total. The minimum absolute atomic E-state index is 0.0170. The Morgan fingerprint density at radius 2 is 2.53 bits per heavy atom. The van der Waals surface area contributed by atoms with E-state index < -0.39 is 0 Å². The van der Waals surface area contributed by atoms with Crippen molar-refractivity contribution >= 4 is 17.2 Å². The Morgan fingerprint density at radius 1 is 1.68 bits per heavy atom. The summed E-state index contributed by atoms with van der Waals surface area (Å²) in [6.07, 6.45) is 2.18. The smallest absolute Gasteiger partial charge is 0.262 e. The number of thiophene rings is 1. The van der Waals surface area contributed by atoms with Gasteiger partial charge in [0.2, 0.25) is 0 Å². The van der Waals surface area contributed by atoms with E-state index in [0.717, 1.165) is 31.5 Å². The normalized spacial score (nSPS) is 19.6. The molecule has 4 nitrogen and oxygen atoms in total. The summed E-state index contributed by atoms with van der Waals surface area (Å²) in [5, 5.41) is 4.99. The summed E-state index contributed by atoms with van der Waals surface area (Å²) >= 11 is 1.43. The van der Waals surface area contributed by atoms with Gasteiger partial charge in [0.25, 0.3) is 5.91 Å². The van der Waals surface area contributed by atoms with E-state index in [-0.39, 0.29) is 11.9 Å². The first kappa shape index (κ1) is 14.1. The van der Waals surface area contributed by atoms with Crippen molar-refractivity contribution in [3.05, 3.63) is 21.9 Å². The predicted molar refractivity (Wildman–Crippen MR) is 78.2 cm³/mol. The molecule has 102 valence electrons. The van der Waals surface area contributed by atoms with Crippen LogP contribution in [-0.2, 0) is 0 Å². The van der Waals surface area contributed by atoms with Crippen molar-refractivity contribution in [2.45, 2.75) is 18.9 Å². The molecule has 0 radical (unpaired) electrons. The lowest BCUT2D eigenvalue weighted by atomic mass is 10.1. The summed E-state index contributed by atoms with van der Waals surface area (Å²) in [6.45, 7) is 2.34. The number of nitrogens with zero attached hydrogens (tertiary/aromatic N) is 1. The van der Waals surface area contributed by atoms with Crippen LogP contribution in [0, 0.1) is 11.8 Å². The summed E-state index contributed by atoms with van der Waals surface area (Å²) < 4.78 is 0. The molecule has 0 aromatic carbocycles. The molecule has 1 aliphatic rings. The van der Waals surface area contributed by atoms with Crippen molar-refractivity contribution in [2.24, 2.45) is 5.73 Å². The summed E-state index contributed by atoms with van der Waals surface area (Å²) in [7, 11) is 2.08. The van der Waals surface area contributed by atoms with Crippen molar-refractivity contribution in [3.8, 4) is 11.8 Å². The minimum Gasteiger partial charge on any atom is -0.347 e. The molecule has 1 aliphatic heterocycles. The first-order valence-corrected chi connectivity index (χ1v) is 7.34. The Hall–Kier alpha value is -1.35. The van der Waals surface area contributed by atoms with E-state index >= 15 is 0 Å². The van der Waals surface area contributed by atoms with Gasteiger partial charge in [0.1, 0.15) is 4.88 Å². The molecule has 1 unspecified atom stereocenters. The lowest BCUT2D eigenvalue weighted by molar-refractivity contribution is 0.0916. The Kier molecular flexibility index (Phi) is 4.97. The van der Waals surface area contributed by atoms with Gasteiger partial charge in [-0.15, -0.1) is 11.3 Å². The van der Waals surface area contributed by atoms with Gasteiger partial charge in [-0.2, -0.15) is 0 Å². The zero-order valence-electron chi connectivity index (χ0n) is 11.1. The quantitative estimate of drug-likeness (QED) is 0.789. The molecule has 1 atom stereocenters. The molecule has 0 aliphatic carbocycles. The average molecular weight is 277 g/mol. The van der Waals surface area contributed by atoms with Crippen LogP contribution in [0.25, 0.3) is 0 Å². The summed E-state index contributed by atoms with van der Waals surface area (Å²) in [6, 6.07) is 2.11. The van der Waals surface area contributed by atoms with Gasteiger partial charge in [-0.25, -0.2) is 0 Å². The number of likely N-dealkylation sites (N-methyl/N-ethyl adjacent to an activating group) is 1. The largest absolute Gasteiger partial charge is 0.347 e. The van der Waals surface area contributed by atoms with Crippen molar-refractivity contribution < 1.29 is 4.79 Å². The summed E-state index contributed by atoms with van der Waals surface area (Å²) in [4.78, 5) is 15.2. The van der Waals surface area contributed by atoms with Gasteiger partial charge < -0.3 is 16.0 Å². The number of likely N-dealkylation sites (tertiary alicyclic amines) is 1. The zero-order valence-corrected chi connectivity index (χ0v) is 11.9. The van der Waals surface area contributed by atoms with Gasteiger partial charge in [0, 0.05) is 18.2 Å². The Bertz CT molecular complexity index is 500. The molecule has 5 heteroatoms. The highest BCUT2D eigenvalue weighted by atomic mass is 32.1. The maximum atomic E-state index is 12.2. The number of nitrogens with two attached hydrogens (primary N) is 1. The highest BCUT2D eigenvalue weighted by Crippen LogP contribution is 2.17. The van der Waals surface area contributed by atoms with Gasteiger partial charge in [0.15, 0.2) is 0 Å². The molecule has 19 heavy (non-hydrogen) atoms. The molecule has 1 amide bonds. The van der Waals surface area contributed by atoms with Crippen LogP contribution in [0.15, 0.2) is 11.4 Å². The third-order valence-electron chi connectivity index (χ3n) is 3.16. The second-order valence-electron chi connectivity index (χ2n) is 4.74. The van der Waals surface area contributed by atoms with E-state index in [4.69, 9.17) is 5.73 Å². The fourth-order valence-corrected chi connectivity index (χ4v) is 3.02. The van der Waals surface area contributed by atoms with Crippen LogP contribution in [0.1, 0.15) is 28.1 Å². The SMILES string of the molecule is CN1CCCC(NC(=O)c2sccc2C#CCN)C1. The van der Waals surface area contributed by atoms with E-state index in [1.54, 1.807) is 0 Å². The first-order chi connectivity index (χ1) is 9.20. The van der Waals surface area contributed by atoms with Crippen LogP contribution in [0.5, 0.6) is 0 Å². The highest BCUT2D eigenvalue weighted by Gasteiger charge is 2.21. The molecule has 1 saturated heterocycles. The van der Waals surface area contributed by atoms with Crippen LogP contribution in [0.2, 0.25) is 0 Å². The monoisotopic (exact) mass is 277 g/mol. The molecule has 1 fully saturated rings. The van der Waals surface area contributed by atoms with Crippen molar-refractivity contribution in [1.82, 2.24) is 10.2 Å². The molecule has 2 heterocycles. The van der Waals surface area contributed by atoms with Gasteiger partial charge in [0.05, 0.1) is 6.54 Å². The minimum atomic E-state index is -0.0170. The van der Waals surface area contributed by atoms with Crippen LogP contribution < -0.4 is 11.1 Å². The lowest BCUT2D eigenvalue weighted by Crippen LogP contribution is -2.46. The number of amides is 1. The van der Waals surface area contributed by atoms with Crippen LogP contribution >= 0.6 is 11.3 Å². The van der Waals surface area contributed by atoms with E-state index in [1.165, 1.54) is 11.3 Å². The van der Waals surface area contributed by atoms with Crippen molar-refractivity contribution in [1.29, 1.82) is 0 Å². The molecule has 0 saturated carbocycles. The second-order valence-corrected chi connectivity index (χ2v) is 5.66. The summed E-state index contributed by atoms with van der Waals surface area (Å²) in [5.41, 5.74) is 6.13. The van der Waals surface area contributed by atoms with E-state index in [9.17, 15) is 4.79 Å². The number of rotatable bonds is 2. The predicted octanol–water partition coefficient (Wildman–Crippen LogP) is 0.882. The molecule has 2 rings (SSSR count). The van der Waals surface area contributed by atoms with Gasteiger partial charge in [-0.3, -0.25) is 4.79 Å². The number of hydrogen-bond acceptors (Lipinski definition) is 4. The van der Waals surface area contributed by atoms with Crippen LogP contribution in [0.4, 0.5) is 0 Å². The van der Waals surface area contributed by atoms with Crippen LogP contribution in [-0.4, -0.2) is 43.5 Å². The Labute approximate surface area is 118 Å². The number of piperidine rings is 1. The number of hydrogen-bond donors (Lipinski definition) is 2. The van der Waals surface area contributed by atoms with Crippen molar-refractivity contribution in [3.63, 3.8) is 0 Å². The molecule has 0 spiro atoms. The molecule has 0 bridgehead atoms. The lowest BCUT2D eigenvalue weighted by Gasteiger charge is -2.30. The van der Waals surface area contributed by atoms with Gasteiger partial charge in [-0.05, 0) is 37.9 Å². The van der Waals surface area contributed by atoms with Gasteiger partial charge in [-0.1, -0.05) is 11.8 Å². The maximum absolute atomic E-state index is 12.2. The third kappa shape index (κ3) is 3.80. The molecule has 1 aromatic heterocycles. The third-order valence-corrected chi connectivity index (χ3v) is 4.07. The first-order valence-electron chi connectivity index (χ1n) is 6.46. The fourth-order valence-electron chi connectivity index (χ4n) is 2.26. The highest BCUT2D eigenvalue weighted by molar-refractivity contribution is 7.12. The Balaban J connectivity index is 2.01. The zero-order chi connectivity index (χ0) is 13.7. The fraction of sp³-hybridized carbons (Fsp3) is 0.500. The van der Waals surface area contributed by atoms with Gasteiger partial charge >= 0.3 is 0 Å². The second kappa shape index (κ2) is 6.71. The molecule has 1 aromatic rings. The average Bonchev–Trinajstić information content (AvgIpc) is 2.84. The standard InChI is InChI=1S/C14H19N3OS/c1-17-8-3-5-12(10-17)16-14(18)13-11(4-2-7-15)6-9-19-13/h6,9,12H,3,5,7-8,10,15H2,1H3,(H,16,18). The topological polar surface area (TPSA) is 58.4 Å².